The first-order valence-electron chi connectivity index (χ1n) is 6.83. The summed E-state index contributed by atoms with van der Waals surface area (Å²) in [6, 6.07) is 0.882. The van der Waals surface area contributed by atoms with Gasteiger partial charge < -0.3 is 14.8 Å². The molecule has 2 rings (SSSR count). The van der Waals surface area contributed by atoms with Gasteiger partial charge in [0, 0.05) is 6.04 Å². The van der Waals surface area contributed by atoms with Gasteiger partial charge in [-0.3, -0.25) is 0 Å². The molecule has 1 aromatic heterocycles. The summed E-state index contributed by atoms with van der Waals surface area (Å²) in [5.41, 5.74) is 0. The number of hydrogen-bond acceptors (Lipinski definition) is 6. The molecule has 0 saturated heterocycles. The third kappa shape index (κ3) is 3.68. The normalized spacial score (nSPS) is 17.8. The van der Waals surface area contributed by atoms with E-state index in [1.54, 1.807) is 0 Å². The molecule has 1 saturated carbocycles. The molecule has 0 spiro atoms. The molecule has 0 radical (unpaired) electrons. The van der Waals surface area contributed by atoms with Crippen LogP contribution in [-0.4, -0.2) is 35.2 Å². The Bertz CT molecular complexity index is 385. The van der Waals surface area contributed by atoms with Crippen LogP contribution in [0.1, 0.15) is 39.0 Å². The first-order valence-corrected chi connectivity index (χ1v) is 6.83. The zero-order valence-corrected chi connectivity index (χ0v) is 11.8. The van der Waals surface area contributed by atoms with Gasteiger partial charge in [0.1, 0.15) is 0 Å². The van der Waals surface area contributed by atoms with Crippen LogP contribution in [0, 0.1) is 5.92 Å². The Morgan fingerprint density at radius 2 is 1.58 bits per heavy atom. The molecule has 1 aliphatic rings. The molecule has 0 aromatic carbocycles. The number of nitrogens with one attached hydrogen (secondary N) is 1. The fourth-order valence-corrected chi connectivity index (χ4v) is 2.54. The van der Waals surface area contributed by atoms with Gasteiger partial charge in [0.15, 0.2) is 0 Å². The van der Waals surface area contributed by atoms with Crippen molar-refractivity contribution in [2.45, 2.75) is 45.1 Å². The third-order valence-corrected chi connectivity index (χ3v) is 3.67. The lowest BCUT2D eigenvalue weighted by Crippen LogP contribution is -2.28. The van der Waals surface area contributed by atoms with Crippen molar-refractivity contribution in [3.63, 3.8) is 0 Å². The number of hydrogen-bond donors (Lipinski definition) is 1. The van der Waals surface area contributed by atoms with Crippen LogP contribution >= 0.6 is 0 Å². The van der Waals surface area contributed by atoms with Crippen molar-refractivity contribution in [3.8, 4) is 12.0 Å². The van der Waals surface area contributed by atoms with Crippen molar-refractivity contribution >= 4 is 5.95 Å². The molecular weight excluding hydrogens is 244 g/mol. The Morgan fingerprint density at radius 3 is 2.11 bits per heavy atom. The summed E-state index contributed by atoms with van der Waals surface area (Å²) in [6.45, 7) is 2.18. The molecular formula is C13H22N4O2. The quantitative estimate of drug-likeness (QED) is 0.881. The van der Waals surface area contributed by atoms with E-state index in [2.05, 4.69) is 27.2 Å². The molecule has 0 amide bonds. The van der Waals surface area contributed by atoms with Crippen molar-refractivity contribution in [3.05, 3.63) is 0 Å². The molecule has 6 nitrogen and oxygen atoms in total. The number of ether oxygens (including phenoxy) is 2. The molecule has 19 heavy (non-hydrogen) atoms. The Morgan fingerprint density at radius 1 is 1.00 bits per heavy atom. The van der Waals surface area contributed by atoms with Crippen molar-refractivity contribution in [1.82, 2.24) is 15.0 Å². The highest BCUT2D eigenvalue weighted by Crippen LogP contribution is 2.27. The van der Waals surface area contributed by atoms with Crippen LogP contribution in [-0.2, 0) is 0 Å². The molecule has 1 aromatic rings. The summed E-state index contributed by atoms with van der Waals surface area (Å²) >= 11 is 0. The molecule has 106 valence electrons. The maximum absolute atomic E-state index is 5.04. The van der Waals surface area contributed by atoms with Gasteiger partial charge in [-0.25, -0.2) is 0 Å². The van der Waals surface area contributed by atoms with E-state index in [1.165, 1.54) is 46.3 Å². The van der Waals surface area contributed by atoms with Crippen LogP contribution in [0.25, 0.3) is 0 Å². The Hall–Kier alpha value is -1.59. The van der Waals surface area contributed by atoms with Crippen molar-refractivity contribution in [2.75, 3.05) is 19.5 Å². The second-order valence-electron chi connectivity index (χ2n) is 4.96. The van der Waals surface area contributed by atoms with Crippen LogP contribution in [0.4, 0.5) is 5.95 Å². The number of rotatable bonds is 5. The first kappa shape index (κ1) is 13.8. The summed E-state index contributed by atoms with van der Waals surface area (Å²) in [5, 5.41) is 3.34. The highest BCUT2D eigenvalue weighted by Gasteiger charge is 2.21. The van der Waals surface area contributed by atoms with E-state index in [4.69, 9.17) is 9.47 Å². The second-order valence-corrected chi connectivity index (χ2v) is 4.96. The summed E-state index contributed by atoms with van der Waals surface area (Å²) < 4.78 is 10.1. The predicted octanol–water partition coefficient (Wildman–Crippen LogP) is 2.27. The van der Waals surface area contributed by atoms with E-state index in [0.717, 1.165) is 0 Å². The number of aromatic nitrogens is 3. The summed E-state index contributed by atoms with van der Waals surface area (Å²) in [5.74, 6) is 1.20. The molecule has 1 aliphatic carbocycles. The number of anilines is 1. The van der Waals surface area contributed by atoms with E-state index in [0.29, 0.717) is 17.9 Å². The minimum Gasteiger partial charge on any atom is -0.467 e. The summed E-state index contributed by atoms with van der Waals surface area (Å²) in [4.78, 5) is 12.4. The number of methoxy groups -OCH3 is 2. The lowest BCUT2D eigenvalue weighted by Gasteiger charge is -2.28. The Kier molecular flexibility index (Phi) is 4.76. The van der Waals surface area contributed by atoms with Crippen molar-refractivity contribution in [1.29, 1.82) is 0 Å². The highest BCUT2D eigenvalue weighted by atomic mass is 16.5. The van der Waals surface area contributed by atoms with Crippen LogP contribution in [0.5, 0.6) is 12.0 Å². The fraction of sp³-hybridized carbons (Fsp3) is 0.769. The average Bonchev–Trinajstić information content (AvgIpc) is 2.47. The monoisotopic (exact) mass is 266 g/mol. The molecule has 0 aliphatic heterocycles. The Labute approximate surface area is 114 Å². The molecule has 0 bridgehead atoms. The predicted molar refractivity (Wildman–Crippen MR) is 72.6 cm³/mol. The highest BCUT2D eigenvalue weighted by molar-refractivity contribution is 5.29. The first-order chi connectivity index (χ1) is 9.22. The van der Waals surface area contributed by atoms with Gasteiger partial charge in [-0.1, -0.05) is 19.3 Å². The lowest BCUT2D eigenvalue weighted by molar-refractivity contribution is 0.323. The van der Waals surface area contributed by atoms with Crippen LogP contribution in [0.3, 0.4) is 0 Å². The maximum atomic E-state index is 5.04. The van der Waals surface area contributed by atoms with Crippen LogP contribution in [0.2, 0.25) is 0 Å². The maximum Gasteiger partial charge on any atom is 0.324 e. The van der Waals surface area contributed by atoms with Gasteiger partial charge in [-0.15, -0.1) is 4.98 Å². The van der Waals surface area contributed by atoms with Crippen LogP contribution < -0.4 is 14.8 Å². The topological polar surface area (TPSA) is 69.2 Å². The van der Waals surface area contributed by atoms with Gasteiger partial charge in [-0.2, -0.15) is 9.97 Å². The van der Waals surface area contributed by atoms with E-state index >= 15 is 0 Å². The van der Waals surface area contributed by atoms with E-state index in [-0.39, 0.29) is 12.0 Å². The van der Waals surface area contributed by atoms with Crippen molar-refractivity contribution < 1.29 is 9.47 Å². The largest absolute Gasteiger partial charge is 0.467 e. The van der Waals surface area contributed by atoms with Gasteiger partial charge in [-0.05, 0) is 25.7 Å². The summed E-state index contributed by atoms with van der Waals surface area (Å²) in [7, 11) is 3.06. The van der Waals surface area contributed by atoms with E-state index in [1.807, 2.05) is 0 Å². The molecule has 1 unspecified atom stereocenters. The van der Waals surface area contributed by atoms with E-state index in [9.17, 15) is 0 Å². The minimum absolute atomic E-state index is 0.269. The zero-order chi connectivity index (χ0) is 13.7. The summed E-state index contributed by atoms with van der Waals surface area (Å²) in [6.07, 6.45) is 6.54. The lowest BCUT2D eigenvalue weighted by atomic mass is 9.85. The molecule has 6 heteroatoms. The van der Waals surface area contributed by atoms with Crippen molar-refractivity contribution in [2.24, 2.45) is 5.92 Å². The molecule has 1 fully saturated rings. The zero-order valence-electron chi connectivity index (χ0n) is 11.8. The smallest absolute Gasteiger partial charge is 0.324 e. The molecule has 1 atom stereocenters. The van der Waals surface area contributed by atoms with Gasteiger partial charge in [0.25, 0.3) is 0 Å². The van der Waals surface area contributed by atoms with Gasteiger partial charge in [0.2, 0.25) is 5.95 Å². The second kappa shape index (κ2) is 6.54. The van der Waals surface area contributed by atoms with E-state index < -0.39 is 0 Å². The van der Waals surface area contributed by atoms with Crippen LogP contribution in [0.15, 0.2) is 0 Å². The molecule has 1 heterocycles. The molecule has 1 N–H and O–H groups in total. The van der Waals surface area contributed by atoms with Gasteiger partial charge >= 0.3 is 12.0 Å². The fourth-order valence-electron chi connectivity index (χ4n) is 2.54. The average molecular weight is 266 g/mol. The number of nitrogens with zero attached hydrogens (tertiary/aromatic N) is 3. The third-order valence-electron chi connectivity index (χ3n) is 3.67. The standard InChI is InChI=1S/C13H22N4O2/c1-9(10-7-5-4-6-8-10)14-11-15-12(18-2)17-13(16-11)19-3/h9-10H,4-8H2,1-3H3,(H,14,15,16,17). The Balaban J connectivity index is 2.04. The SMILES string of the molecule is COc1nc(NC(C)C2CCCCC2)nc(OC)n1. The van der Waals surface area contributed by atoms with Gasteiger partial charge in [0.05, 0.1) is 14.2 Å². The minimum atomic E-state index is 0.269.